The number of benzene rings is 2. The van der Waals surface area contributed by atoms with Crippen molar-refractivity contribution < 1.29 is 4.52 Å². The maximum atomic E-state index is 5.96. The van der Waals surface area contributed by atoms with Gasteiger partial charge in [0.2, 0.25) is 0 Å². The molecule has 0 saturated carbocycles. The second kappa shape index (κ2) is 8.04. The smallest absolute Gasteiger partial charge is 0.151 e. The van der Waals surface area contributed by atoms with E-state index in [4.69, 9.17) is 16.1 Å². The van der Waals surface area contributed by atoms with E-state index in [0.29, 0.717) is 0 Å². The number of hydrogen-bond donors (Lipinski definition) is 0. The molecule has 1 aliphatic rings. The number of halogens is 1. The Balaban J connectivity index is 1.29. The molecule has 0 amide bonds. The maximum absolute atomic E-state index is 5.96. The Kier molecular flexibility index (Phi) is 5.34. The molecule has 1 aliphatic heterocycles. The summed E-state index contributed by atoms with van der Waals surface area (Å²) in [5, 5.41) is 5.00. The number of nitrogens with zero attached hydrogens (tertiary/aromatic N) is 3. The molecule has 5 heteroatoms. The summed E-state index contributed by atoms with van der Waals surface area (Å²) in [6.45, 7) is 5.98. The zero-order valence-corrected chi connectivity index (χ0v) is 15.4. The van der Waals surface area contributed by atoms with E-state index in [1.807, 2.05) is 30.3 Å². The first-order valence-corrected chi connectivity index (χ1v) is 9.34. The summed E-state index contributed by atoms with van der Waals surface area (Å²) in [6.07, 6.45) is 0. The highest BCUT2D eigenvalue weighted by Gasteiger charge is 2.18. The molecule has 0 atom stereocenters. The molecule has 26 heavy (non-hydrogen) atoms. The van der Waals surface area contributed by atoms with E-state index in [1.165, 1.54) is 5.56 Å². The van der Waals surface area contributed by atoms with Gasteiger partial charge in [-0.15, -0.1) is 0 Å². The predicted octanol–water partition coefficient (Wildman–Crippen LogP) is 4.31. The normalized spacial score (nSPS) is 16.0. The van der Waals surface area contributed by atoms with Gasteiger partial charge in [0, 0.05) is 49.4 Å². The lowest BCUT2D eigenvalue weighted by atomic mass is 10.1. The van der Waals surface area contributed by atoms with Crippen LogP contribution in [0.1, 0.15) is 11.3 Å². The van der Waals surface area contributed by atoms with Crippen LogP contribution in [-0.2, 0) is 13.1 Å². The molecule has 1 fully saturated rings. The molecule has 0 N–H and O–H groups in total. The van der Waals surface area contributed by atoms with Crippen molar-refractivity contribution in [2.75, 3.05) is 26.2 Å². The van der Waals surface area contributed by atoms with Crippen LogP contribution in [0.3, 0.4) is 0 Å². The third-order valence-electron chi connectivity index (χ3n) is 4.79. The molecule has 0 bridgehead atoms. The van der Waals surface area contributed by atoms with E-state index in [1.54, 1.807) is 0 Å². The van der Waals surface area contributed by atoms with Crippen molar-refractivity contribution in [3.63, 3.8) is 0 Å². The minimum absolute atomic E-state index is 0.792. The van der Waals surface area contributed by atoms with Gasteiger partial charge in [-0.3, -0.25) is 9.80 Å². The second-order valence-electron chi connectivity index (χ2n) is 6.72. The number of hydrogen-bond acceptors (Lipinski definition) is 4. The van der Waals surface area contributed by atoms with Crippen LogP contribution in [-0.4, -0.2) is 41.1 Å². The van der Waals surface area contributed by atoms with Gasteiger partial charge in [0.1, 0.15) is 5.69 Å². The first-order valence-electron chi connectivity index (χ1n) is 8.96. The Labute approximate surface area is 159 Å². The van der Waals surface area contributed by atoms with Crippen LogP contribution in [0.2, 0.25) is 5.02 Å². The summed E-state index contributed by atoms with van der Waals surface area (Å²) in [4.78, 5) is 4.91. The largest absolute Gasteiger partial charge is 0.359 e. The lowest BCUT2D eigenvalue weighted by Crippen LogP contribution is -2.45. The lowest BCUT2D eigenvalue weighted by Gasteiger charge is -2.34. The number of piperazine rings is 1. The van der Waals surface area contributed by atoms with Crippen molar-refractivity contribution in [2.24, 2.45) is 0 Å². The summed E-state index contributed by atoms with van der Waals surface area (Å²) >= 11 is 5.96. The van der Waals surface area contributed by atoms with Gasteiger partial charge < -0.3 is 4.52 Å². The van der Waals surface area contributed by atoms with Crippen molar-refractivity contribution in [3.05, 3.63) is 77.0 Å². The van der Waals surface area contributed by atoms with Crippen molar-refractivity contribution >= 4 is 11.6 Å². The average Bonchev–Trinajstić information content (AvgIpc) is 3.14. The average molecular weight is 368 g/mol. The van der Waals surface area contributed by atoms with Crippen LogP contribution in [0, 0.1) is 0 Å². The van der Waals surface area contributed by atoms with Crippen LogP contribution in [0.4, 0.5) is 0 Å². The van der Waals surface area contributed by atoms with Crippen molar-refractivity contribution in [2.45, 2.75) is 13.1 Å². The van der Waals surface area contributed by atoms with E-state index in [-0.39, 0.29) is 0 Å². The Hall–Kier alpha value is -2.14. The standard InChI is InChI=1S/C21H22ClN3O/c22-19-8-6-17(7-9-19)15-24-10-12-25(13-11-24)16-20-14-21(23-26-20)18-4-2-1-3-5-18/h1-9,14H,10-13,15-16H2. The van der Waals surface area contributed by atoms with E-state index in [2.05, 4.69) is 45.3 Å². The molecule has 0 unspecified atom stereocenters. The van der Waals surface area contributed by atoms with Crippen molar-refractivity contribution in [1.29, 1.82) is 0 Å². The SMILES string of the molecule is Clc1ccc(CN2CCN(Cc3cc(-c4ccccc4)no3)CC2)cc1. The Morgan fingerprint density at radius 1 is 0.846 bits per heavy atom. The van der Waals surface area contributed by atoms with E-state index >= 15 is 0 Å². The monoisotopic (exact) mass is 367 g/mol. The molecule has 2 aromatic carbocycles. The van der Waals surface area contributed by atoms with Gasteiger partial charge in [-0.25, -0.2) is 0 Å². The minimum Gasteiger partial charge on any atom is -0.359 e. The second-order valence-corrected chi connectivity index (χ2v) is 7.16. The fraction of sp³-hybridized carbons (Fsp3) is 0.286. The number of rotatable bonds is 5. The van der Waals surface area contributed by atoms with Crippen LogP contribution in [0.15, 0.2) is 65.2 Å². The Morgan fingerprint density at radius 3 is 2.19 bits per heavy atom. The molecular formula is C21H22ClN3O. The summed E-state index contributed by atoms with van der Waals surface area (Å²) in [6, 6.07) is 20.3. The first kappa shape index (κ1) is 17.3. The Morgan fingerprint density at radius 2 is 1.50 bits per heavy atom. The van der Waals surface area contributed by atoms with Crippen molar-refractivity contribution in [1.82, 2.24) is 15.0 Å². The quantitative estimate of drug-likeness (QED) is 0.672. The summed E-state index contributed by atoms with van der Waals surface area (Å²) < 4.78 is 5.54. The van der Waals surface area contributed by atoms with Gasteiger partial charge in [0.05, 0.1) is 6.54 Å². The third-order valence-corrected chi connectivity index (χ3v) is 5.04. The molecular weight excluding hydrogens is 346 g/mol. The third kappa shape index (κ3) is 4.33. The molecule has 134 valence electrons. The zero-order chi connectivity index (χ0) is 17.8. The van der Waals surface area contributed by atoms with Gasteiger partial charge in [0.25, 0.3) is 0 Å². The van der Waals surface area contributed by atoms with Crippen LogP contribution >= 0.6 is 11.6 Å². The van der Waals surface area contributed by atoms with Crippen LogP contribution in [0.5, 0.6) is 0 Å². The topological polar surface area (TPSA) is 32.5 Å². The van der Waals surface area contributed by atoms with Gasteiger partial charge >= 0.3 is 0 Å². The molecule has 3 aromatic rings. The summed E-state index contributed by atoms with van der Waals surface area (Å²) in [5.74, 6) is 0.926. The molecule has 0 radical (unpaired) electrons. The molecule has 4 nitrogen and oxygen atoms in total. The molecule has 1 aromatic heterocycles. The molecule has 1 saturated heterocycles. The molecule has 2 heterocycles. The molecule has 4 rings (SSSR count). The van der Waals surface area contributed by atoms with E-state index < -0.39 is 0 Å². The van der Waals surface area contributed by atoms with Gasteiger partial charge in [0.15, 0.2) is 5.76 Å². The zero-order valence-electron chi connectivity index (χ0n) is 14.6. The minimum atomic E-state index is 0.792. The highest BCUT2D eigenvalue weighted by molar-refractivity contribution is 6.30. The van der Waals surface area contributed by atoms with Crippen molar-refractivity contribution in [3.8, 4) is 11.3 Å². The molecule has 0 aliphatic carbocycles. The van der Waals surface area contributed by atoms with E-state index in [9.17, 15) is 0 Å². The fourth-order valence-corrected chi connectivity index (χ4v) is 3.43. The highest BCUT2D eigenvalue weighted by atomic mass is 35.5. The maximum Gasteiger partial charge on any atom is 0.151 e. The van der Waals surface area contributed by atoms with Crippen LogP contribution < -0.4 is 0 Å². The van der Waals surface area contributed by atoms with Gasteiger partial charge in [-0.2, -0.15) is 0 Å². The lowest BCUT2D eigenvalue weighted by molar-refractivity contribution is 0.114. The highest BCUT2D eigenvalue weighted by Crippen LogP contribution is 2.20. The fourth-order valence-electron chi connectivity index (χ4n) is 3.31. The summed E-state index contributed by atoms with van der Waals surface area (Å²) in [5.41, 5.74) is 3.31. The summed E-state index contributed by atoms with van der Waals surface area (Å²) in [7, 11) is 0. The molecule has 0 spiro atoms. The predicted molar refractivity (Wildman–Crippen MR) is 104 cm³/mol. The van der Waals surface area contributed by atoms with Gasteiger partial charge in [-0.1, -0.05) is 59.2 Å². The Bertz CT molecular complexity index is 824. The van der Waals surface area contributed by atoms with Crippen LogP contribution in [0.25, 0.3) is 11.3 Å². The first-order chi connectivity index (χ1) is 12.8. The van der Waals surface area contributed by atoms with E-state index in [0.717, 1.165) is 61.3 Å². The van der Waals surface area contributed by atoms with Gasteiger partial charge in [-0.05, 0) is 17.7 Å². The number of aromatic nitrogens is 1.